The second-order valence-electron chi connectivity index (χ2n) is 6.54. The van der Waals surface area contributed by atoms with E-state index in [4.69, 9.17) is 9.47 Å². The summed E-state index contributed by atoms with van der Waals surface area (Å²) in [7, 11) is 1.72. The molecule has 138 valence electrons. The van der Waals surface area contributed by atoms with Crippen molar-refractivity contribution in [3.63, 3.8) is 0 Å². The van der Waals surface area contributed by atoms with Crippen LogP contribution in [0, 0.1) is 0 Å². The molecular formula is C22H23N3O2. The molecule has 0 bridgehead atoms. The Kier molecular flexibility index (Phi) is 5.21. The van der Waals surface area contributed by atoms with E-state index < -0.39 is 0 Å². The number of nitrogens with one attached hydrogen (secondary N) is 1. The Balaban J connectivity index is 1.53. The Labute approximate surface area is 159 Å². The standard InChI is InChI=1S/C22H23N3O2/c1-26-21-10-6-5-7-17(21)15-25-12-11-23-20-14-24-22(13-18(20)16-25)27-19-8-3-2-4-9-19/h2-10,13-14,23H,11-12,15-16H2,1H3. The molecule has 2 aromatic carbocycles. The topological polar surface area (TPSA) is 46.6 Å². The lowest BCUT2D eigenvalue weighted by molar-refractivity contribution is 0.266. The van der Waals surface area contributed by atoms with Crippen LogP contribution >= 0.6 is 0 Å². The van der Waals surface area contributed by atoms with Gasteiger partial charge in [-0.1, -0.05) is 36.4 Å². The van der Waals surface area contributed by atoms with Crippen LogP contribution in [0.15, 0.2) is 66.9 Å². The van der Waals surface area contributed by atoms with Crippen LogP contribution in [-0.4, -0.2) is 30.1 Å². The molecule has 1 aromatic heterocycles. The third kappa shape index (κ3) is 4.20. The molecule has 5 nitrogen and oxygen atoms in total. The highest BCUT2D eigenvalue weighted by Crippen LogP contribution is 2.27. The van der Waals surface area contributed by atoms with Crippen molar-refractivity contribution in [3.05, 3.63) is 78.0 Å². The van der Waals surface area contributed by atoms with Gasteiger partial charge in [0, 0.05) is 37.8 Å². The number of hydrogen-bond acceptors (Lipinski definition) is 5. The lowest BCUT2D eigenvalue weighted by Crippen LogP contribution is -2.25. The Bertz CT molecular complexity index is 899. The maximum absolute atomic E-state index is 5.90. The van der Waals surface area contributed by atoms with Gasteiger partial charge in [-0.2, -0.15) is 0 Å². The molecule has 0 aliphatic carbocycles. The molecule has 1 aliphatic rings. The Hall–Kier alpha value is -3.05. The molecule has 0 saturated carbocycles. The lowest BCUT2D eigenvalue weighted by atomic mass is 10.1. The normalized spacial score (nSPS) is 14.0. The molecule has 0 spiro atoms. The van der Waals surface area contributed by atoms with Gasteiger partial charge >= 0.3 is 0 Å². The van der Waals surface area contributed by atoms with Crippen molar-refractivity contribution < 1.29 is 9.47 Å². The van der Waals surface area contributed by atoms with E-state index >= 15 is 0 Å². The molecule has 1 N–H and O–H groups in total. The van der Waals surface area contributed by atoms with E-state index in [1.165, 1.54) is 11.1 Å². The first-order valence-corrected chi connectivity index (χ1v) is 9.12. The molecule has 0 saturated heterocycles. The largest absolute Gasteiger partial charge is 0.496 e. The van der Waals surface area contributed by atoms with Gasteiger partial charge in [-0.25, -0.2) is 4.98 Å². The number of ether oxygens (including phenoxy) is 2. The summed E-state index contributed by atoms with van der Waals surface area (Å²) in [6, 6.07) is 19.9. The maximum atomic E-state index is 5.90. The predicted octanol–water partition coefficient (Wildman–Crippen LogP) is 4.31. The third-order valence-corrected chi connectivity index (χ3v) is 4.65. The number of hydrogen-bond donors (Lipinski definition) is 1. The van der Waals surface area contributed by atoms with Crippen LogP contribution in [0.2, 0.25) is 0 Å². The number of rotatable bonds is 5. The maximum Gasteiger partial charge on any atom is 0.219 e. The molecular weight excluding hydrogens is 338 g/mol. The number of para-hydroxylation sites is 2. The zero-order valence-electron chi connectivity index (χ0n) is 15.4. The van der Waals surface area contributed by atoms with Crippen molar-refractivity contribution in [2.24, 2.45) is 0 Å². The van der Waals surface area contributed by atoms with Crippen LogP contribution in [0.1, 0.15) is 11.1 Å². The van der Waals surface area contributed by atoms with Gasteiger partial charge in [-0.3, -0.25) is 4.90 Å². The molecule has 0 fully saturated rings. The molecule has 3 aromatic rings. The van der Waals surface area contributed by atoms with Crippen molar-refractivity contribution in [3.8, 4) is 17.4 Å². The minimum Gasteiger partial charge on any atom is -0.496 e. The monoisotopic (exact) mass is 361 g/mol. The van der Waals surface area contributed by atoms with Crippen LogP contribution in [-0.2, 0) is 13.1 Å². The highest BCUT2D eigenvalue weighted by atomic mass is 16.5. The first kappa shape index (κ1) is 17.4. The van der Waals surface area contributed by atoms with Gasteiger partial charge < -0.3 is 14.8 Å². The first-order chi connectivity index (χ1) is 13.3. The van der Waals surface area contributed by atoms with Gasteiger partial charge in [-0.15, -0.1) is 0 Å². The first-order valence-electron chi connectivity index (χ1n) is 9.12. The van der Waals surface area contributed by atoms with Gasteiger partial charge in [0.05, 0.1) is 19.0 Å². The number of pyridine rings is 1. The van der Waals surface area contributed by atoms with Crippen LogP contribution in [0.25, 0.3) is 0 Å². The Morgan fingerprint density at radius 2 is 1.89 bits per heavy atom. The quantitative estimate of drug-likeness (QED) is 0.734. The average molecular weight is 361 g/mol. The summed E-state index contributed by atoms with van der Waals surface area (Å²) >= 11 is 0. The second kappa shape index (κ2) is 8.10. The number of nitrogens with zero attached hydrogens (tertiary/aromatic N) is 2. The zero-order valence-corrected chi connectivity index (χ0v) is 15.4. The number of fused-ring (bicyclic) bond motifs is 1. The Morgan fingerprint density at radius 3 is 2.74 bits per heavy atom. The van der Waals surface area contributed by atoms with Gasteiger partial charge in [0.15, 0.2) is 0 Å². The van der Waals surface area contributed by atoms with Crippen LogP contribution < -0.4 is 14.8 Å². The van der Waals surface area contributed by atoms with Crippen LogP contribution in [0.4, 0.5) is 5.69 Å². The van der Waals surface area contributed by atoms with Crippen molar-refractivity contribution in [1.82, 2.24) is 9.88 Å². The van der Waals surface area contributed by atoms with E-state index in [0.29, 0.717) is 5.88 Å². The molecule has 0 radical (unpaired) electrons. The number of methoxy groups -OCH3 is 1. The van der Waals surface area contributed by atoms with Crippen molar-refractivity contribution in [2.75, 3.05) is 25.5 Å². The van der Waals surface area contributed by atoms with E-state index in [2.05, 4.69) is 27.3 Å². The fourth-order valence-corrected chi connectivity index (χ4v) is 3.31. The highest BCUT2D eigenvalue weighted by Gasteiger charge is 2.17. The van der Waals surface area contributed by atoms with Gasteiger partial charge in [0.1, 0.15) is 11.5 Å². The minimum atomic E-state index is 0.612. The van der Waals surface area contributed by atoms with E-state index in [0.717, 1.165) is 43.4 Å². The van der Waals surface area contributed by atoms with E-state index in [9.17, 15) is 0 Å². The Morgan fingerprint density at radius 1 is 1.07 bits per heavy atom. The van der Waals surface area contributed by atoms with Gasteiger partial charge in [0.2, 0.25) is 5.88 Å². The second-order valence-corrected chi connectivity index (χ2v) is 6.54. The summed E-state index contributed by atoms with van der Waals surface area (Å²) in [5, 5.41) is 3.47. The summed E-state index contributed by atoms with van der Waals surface area (Å²) in [6.45, 7) is 3.49. The lowest BCUT2D eigenvalue weighted by Gasteiger charge is -2.21. The third-order valence-electron chi connectivity index (χ3n) is 4.65. The van der Waals surface area contributed by atoms with Crippen molar-refractivity contribution in [2.45, 2.75) is 13.1 Å². The molecule has 1 aliphatic heterocycles. The summed E-state index contributed by atoms with van der Waals surface area (Å²) in [5.74, 6) is 2.33. The summed E-state index contributed by atoms with van der Waals surface area (Å²) in [4.78, 5) is 6.85. The molecule has 4 rings (SSSR count). The minimum absolute atomic E-state index is 0.612. The van der Waals surface area contributed by atoms with Crippen molar-refractivity contribution >= 4 is 5.69 Å². The van der Waals surface area contributed by atoms with Gasteiger partial charge in [0.25, 0.3) is 0 Å². The van der Waals surface area contributed by atoms with Crippen LogP contribution in [0.3, 0.4) is 0 Å². The summed E-state index contributed by atoms with van der Waals surface area (Å²) in [6.07, 6.45) is 1.86. The fourth-order valence-electron chi connectivity index (χ4n) is 3.31. The molecule has 27 heavy (non-hydrogen) atoms. The zero-order chi connectivity index (χ0) is 18.5. The molecule has 0 atom stereocenters. The summed E-state index contributed by atoms with van der Waals surface area (Å²) in [5.41, 5.74) is 3.44. The van der Waals surface area contributed by atoms with Gasteiger partial charge in [-0.05, 0) is 23.8 Å². The van der Waals surface area contributed by atoms with E-state index in [1.807, 2.05) is 54.7 Å². The molecule has 5 heteroatoms. The fraction of sp³-hybridized carbons (Fsp3) is 0.227. The molecule has 2 heterocycles. The SMILES string of the molecule is COc1ccccc1CN1CCNc2cnc(Oc3ccccc3)cc2C1. The smallest absolute Gasteiger partial charge is 0.219 e. The summed E-state index contributed by atoms with van der Waals surface area (Å²) < 4.78 is 11.4. The predicted molar refractivity (Wildman–Crippen MR) is 106 cm³/mol. The average Bonchev–Trinajstić information content (AvgIpc) is 2.90. The van der Waals surface area contributed by atoms with Crippen LogP contribution in [0.5, 0.6) is 17.4 Å². The van der Waals surface area contributed by atoms with E-state index in [-0.39, 0.29) is 0 Å². The number of benzene rings is 2. The number of anilines is 1. The molecule has 0 unspecified atom stereocenters. The molecule has 0 amide bonds. The number of aromatic nitrogens is 1. The van der Waals surface area contributed by atoms with Crippen molar-refractivity contribution in [1.29, 1.82) is 0 Å². The van der Waals surface area contributed by atoms with E-state index in [1.54, 1.807) is 7.11 Å². The highest BCUT2D eigenvalue weighted by molar-refractivity contribution is 5.52.